The molecule has 1 aliphatic heterocycles. The zero-order valence-corrected chi connectivity index (χ0v) is 13.6. The Morgan fingerprint density at radius 2 is 2.00 bits per heavy atom. The number of aryl methyl sites for hydroxylation is 1. The van der Waals surface area contributed by atoms with Gasteiger partial charge in [-0.2, -0.15) is 0 Å². The number of hydrogen-bond acceptors (Lipinski definition) is 2. The summed E-state index contributed by atoms with van der Waals surface area (Å²) in [6.07, 6.45) is 0. The van der Waals surface area contributed by atoms with E-state index < -0.39 is 12.1 Å². The molecule has 2 unspecified atom stereocenters. The highest BCUT2D eigenvalue weighted by molar-refractivity contribution is 6.31. The van der Waals surface area contributed by atoms with Gasteiger partial charge in [0.2, 0.25) is 11.8 Å². The first kappa shape index (κ1) is 15.8. The van der Waals surface area contributed by atoms with Gasteiger partial charge in [0.15, 0.2) is 0 Å². The summed E-state index contributed by atoms with van der Waals surface area (Å²) in [4.78, 5) is 26.3. The second kappa shape index (κ2) is 6.06. The van der Waals surface area contributed by atoms with Gasteiger partial charge < -0.3 is 10.2 Å². The van der Waals surface area contributed by atoms with E-state index in [1.807, 2.05) is 39.0 Å². The van der Waals surface area contributed by atoms with Crippen LogP contribution < -0.4 is 5.32 Å². The molecule has 1 aromatic carbocycles. The predicted molar refractivity (Wildman–Crippen MR) is 83.0 cm³/mol. The van der Waals surface area contributed by atoms with Crippen LogP contribution in [0.4, 0.5) is 0 Å². The van der Waals surface area contributed by atoms with Crippen molar-refractivity contribution >= 4 is 23.4 Å². The fourth-order valence-corrected chi connectivity index (χ4v) is 2.99. The lowest BCUT2D eigenvalue weighted by Crippen LogP contribution is -2.63. The summed E-state index contributed by atoms with van der Waals surface area (Å²) in [5.74, 6) is -0.115. The fraction of sp³-hybridized carbons (Fsp3) is 0.500. The molecule has 0 radical (unpaired) electrons. The molecule has 2 atom stereocenters. The number of nitrogens with zero attached hydrogens (tertiary/aromatic N) is 1. The van der Waals surface area contributed by atoms with Crippen LogP contribution in [0.2, 0.25) is 5.02 Å². The second-order valence-corrected chi connectivity index (χ2v) is 6.39. The van der Waals surface area contributed by atoms with E-state index in [0.717, 1.165) is 11.1 Å². The number of nitrogens with one attached hydrogen (secondary N) is 1. The number of benzene rings is 1. The molecule has 1 N–H and O–H groups in total. The Morgan fingerprint density at radius 1 is 1.33 bits per heavy atom. The Morgan fingerprint density at radius 3 is 2.57 bits per heavy atom. The number of piperazine rings is 1. The summed E-state index contributed by atoms with van der Waals surface area (Å²) in [6, 6.07) is 4.81. The number of amides is 2. The molecule has 21 heavy (non-hydrogen) atoms. The molecule has 114 valence electrons. The number of carbonyl (C=O) groups is 2. The third kappa shape index (κ3) is 3.21. The van der Waals surface area contributed by atoms with Crippen LogP contribution >= 0.6 is 11.6 Å². The van der Waals surface area contributed by atoms with Crippen LogP contribution in [0.15, 0.2) is 18.2 Å². The molecule has 0 bridgehead atoms. The first-order valence-corrected chi connectivity index (χ1v) is 7.55. The summed E-state index contributed by atoms with van der Waals surface area (Å²) < 4.78 is 0. The normalized spacial score (nSPS) is 22.7. The zero-order valence-electron chi connectivity index (χ0n) is 12.8. The Hall–Kier alpha value is -1.55. The predicted octanol–water partition coefficient (Wildman–Crippen LogP) is 2.52. The largest absolute Gasteiger partial charge is 0.343 e. The quantitative estimate of drug-likeness (QED) is 0.933. The molecular weight excluding hydrogens is 288 g/mol. The molecule has 1 heterocycles. The van der Waals surface area contributed by atoms with Crippen molar-refractivity contribution in [3.63, 3.8) is 0 Å². The van der Waals surface area contributed by atoms with Crippen LogP contribution in [-0.4, -0.2) is 28.8 Å². The summed E-state index contributed by atoms with van der Waals surface area (Å²) in [5.41, 5.74) is 1.93. The molecule has 1 fully saturated rings. The maximum atomic E-state index is 12.4. The lowest BCUT2D eigenvalue weighted by Gasteiger charge is -2.40. The van der Waals surface area contributed by atoms with E-state index in [-0.39, 0.29) is 17.7 Å². The van der Waals surface area contributed by atoms with Crippen molar-refractivity contribution in [2.75, 3.05) is 0 Å². The Labute approximate surface area is 130 Å². The third-order valence-corrected chi connectivity index (χ3v) is 4.15. The van der Waals surface area contributed by atoms with Gasteiger partial charge in [-0.3, -0.25) is 9.59 Å². The molecule has 0 aliphatic carbocycles. The van der Waals surface area contributed by atoms with E-state index in [4.69, 9.17) is 11.6 Å². The van der Waals surface area contributed by atoms with Gasteiger partial charge in [0.1, 0.15) is 12.1 Å². The highest BCUT2D eigenvalue weighted by Crippen LogP contribution is 2.24. The molecule has 0 aromatic heterocycles. The average molecular weight is 309 g/mol. The molecule has 2 amide bonds. The van der Waals surface area contributed by atoms with Gasteiger partial charge in [-0.15, -0.1) is 0 Å². The zero-order chi connectivity index (χ0) is 15.7. The van der Waals surface area contributed by atoms with Gasteiger partial charge in [-0.25, -0.2) is 0 Å². The Balaban J connectivity index is 2.32. The van der Waals surface area contributed by atoms with Gasteiger partial charge in [0.05, 0.1) is 0 Å². The van der Waals surface area contributed by atoms with E-state index in [1.165, 1.54) is 0 Å². The van der Waals surface area contributed by atoms with Gasteiger partial charge in [0.25, 0.3) is 0 Å². The Kier molecular flexibility index (Phi) is 4.57. The van der Waals surface area contributed by atoms with Crippen LogP contribution in [0.25, 0.3) is 0 Å². The van der Waals surface area contributed by atoms with Crippen molar-refractivity contribution in [1.82, 2.24) is 10.2 Å². The van der Waals surface area contributed by atoms with E-state index in [2.05, 4.69) is 5.32 Å². The first-order valence-electron chi connectivity index (χ1n) is 7.17. The van der Waals surface area contributed by atoms with Gasteiger partial charge in [-0.1, -0.05) is 37.6 Å². The number of halogens is 1. The van der Waals surface area contributed by atoms with Crippen molar-refractivity contribution in [2.45, 2.75) is 46.3 Å². The Bertz CT molecular complexity index is 571. The minimum absolute atomic E-state index is 0.0469. The molecule has 1 aliphatic rings. The lowest BCUT2D eigenvalue weighted by molar-refractivity contribution is -0.151. The van der Waals surface area contributed by atoms with Crippen LogP contribution in [0, 0.1) is 12.8 Å². The summed E-state index contributed by atoms with van der Waals surface area (Å²) >= 11 is 6.26. The van der Waals surface area contributed by atoms with Gasteiger partial charge in [0, 0.05) is 11.6 Å². The molecule has 5 heteroatoms. The van der Waals surface area contributed by atoms with Crippen LogP contribution in [0.3, 0.4) is 0 Å². The van der Waals surface area contributed by atoms with Crippen LogP contribution in [0.1, 0.15) is 31.9 Å². The minimum Gasteiger partial charge on any atom is -0.343 e. The lowest BCUT2D eigenvalue weighted by atomic mass is 9.96. The summed E-state index contributed by atoms with van der Waals surface area (Å²) in [5, 5.41) is 3.37. The minimum atomic E-state index is -0.489. The highest BCUT2D eigenvalue weighted by atomic mass is 35.5. The third-order valence-electron chi connectivity index (χ3n) is 3.80. The smallest absolute Gasteiger partial charge is 0.245 e. The van der Waals surface area contributed by atoms with Crippen molar-refractivity contribution in [3.05, 3.63) is 34.3 Å². The molecule has 2 rings (SSSR count). The topological polar surface area (TPSA) is 49.4 Å². The average Bonchev–Trinajstić information content (AvgIpc) is 2.38. The summed E-state index contributed by atoms with van der Waals surface area (Å²) in [6.45, 7) is 7.92. The van der Waals surface area contributed by atoms with E-state index >= 15 is 0 Å². The molecule has 0 spiro atoms. The number of rotatable bonds is 3. The van der Waals surface area contributed by atoms with Crippen molar-refractivity contribution in [3.8, 4) is 0 Å². The van der Waals surface area contributed by atoms with Crippen LogP contribution in [0.5, 0.6) is 0 Å². The van der Waals surface area contributed by atoms with Gasteiger partial charge >= 0.3 is 0 Å². The summed E-state index contributed by atoms with van der Waals surface area (Å²) in [7, 11) is 0. The van der Waals surface area contributed by atoms with E-state index in [9.17, 15) is 9.59 Å². The molecule has 1 saturated heterocycles. The monoisotopic (exact) mass is 308 g/mol. The number of carbonyl (C=O) groups excluding carboxylic acids is 2. The van der Waals surface area contributed by atoms with E-state index in [1.54, 1.807) is 11.8 Å². The maximum absolute atomic E-state index is 12.4. The second-order valence-electron chi connectivity index (χ2n) is 5.98. The standard InChI is InChI=1S/C16H21ClN2O2/c1-9(2)14-15(20)18-11(4)16(21)19(14)8-12-6-5-10(3)7-13(12)17/h5-7,9,11,14H,8H2,1-4H3,(H,18,20). The molecular formula is C16H21ClN2O2. The first-order chi connectivity index (χ1) is 9.81. The van der Waals surface area contributed by atoms with Crippen molar-refractivity contribution in [1.29, 1.82) is 0 Å². The SMILES string of the molecule is Cc1ccc(CN2C(=O)C(C)NC(=O)C2C(C)C)c(Cl)c1. The fourth-order valence-electron chi connectivity index (χ4n) is 2.69. The van der Waals surface area contributed by atoms with Gasteiger partial charge in [-0.05, 0) is 37.0 Å². The van der Waals surface area contributed by atoms with Crippen molar-refractivity contribution in [2.24, 2.45) is 5.92 Å². The van der Waals surface area contributed by atoms with Crippen LogP contribution in [-0.2, 0) is 16.1 Å². The molecule has 1 aromatic rings. The molecule has 4 nitrogen and oxygen atoms in total. The van der Waals surface area contributed by atoms with E-state index in [0.29, 0.717) is 11.6 Å². The highest BCUT2D eigenvalue weighted by Gasteiger charge is 2.40. The number of hydrogen-bond donors (Lipinski definition) is 1. The maximum Gasteiger partial charge on any atom is 0.245 e. The molecule has 0 saturated carbocycles. The van der Waals surface area contributed by atoms with Crippen molar-refractivity contribution < 1.29 is 9.59 Å².